The Morgan fingerprint density at radius 2 is 1.35 bits per heavy atom. The van der Waals surface area contributed by atoms with E-state index in [0.29, 0.717) is 58.5 Å². The van der Waals surface area contributed by atoms with E-state index in [1.807, 2.05) is 74.5 Å². The first kappa shape index (κ1) is 36.7. The minimum atomic E-state index is -0.974. The van der Waals surface area contributed by atoms with Crippen LogP contribution < -0.4 is 27.4 Å². The Labute approximate surface area is 273 Å². The second kappa shape index (κ2) is 19.7. The number of hydrogen-bond donors (Lipinski definition) is 5. The summed E-state index contributed by atoms with van der Waals surface area (Å²) in [5, 5.41) is 8.67. The standard InChI is InChI=1S/C35H52N6O5/c1-25(2)22-30(33(43)38-29(16-9-10-17-36)35(45)41-18-11-20-46-21-19-41)40-34(44)31(24-27-14-7-4-8-15-27)39-32(42)28(37)23-26-12-5-3-6-13-26/h3-8,12-15,25,28-31H,9-11,16-24,36-37H2,1-2H3,(H,38,43)(H,39,42)(H,40,44)/t28-,29-,30-,31-/m1/s1. The highest BCUT2D eigenvalue weighted by atomic mass is 16.5. The molecule has 11 heteroatoms. The molecule has 0 saturated carbocycles. The molecule has 11 nitrogen and oxygen atoms in total. The highest BCUT2D eigenvalue weighted by Crippen LogP contribution is 2.12. The van der Waals surface area contributed by atoms with Crippen LogP contribution in [0, 0.1) is 5.92 Å². The summed E-state index contributed by atoms with van der Waals surface area (Å²) in [6, 6.07) is 15.3. The Morgan fingerprint density at radius 1 is 0.761 bits per heavy atom. The van der Waals surface area contributed by atoms with E-state index in [4.69, 9.17) is 16.2 Å². The summed E-state index contributed by atoms with van der Waals surface area (Å²) in [4.78, 5) is 56.1. The first-order valence-electron chi connectivity index (χ1n) is 16.5. The molecule has 2 aromatic carbocycles. The van der Waals surface area contributed by atoms with Crippen molar-refractivity contribution in [3.63, 3.8) is 0 Å². The van der Waals surface area contributed by atoms with Gasteiger partial charge in [-0.25, -0.2) is 0 Å². The highest BCUT2D eigenvalue weighted by Gasteiger charge is 2.32. The van der Waals surface area contributed by atoms with E-state index in [9.17, 15) is 19.2 Å². The molecule has 1 aliphatic rings. The first-order valence-corrected chi connectivity index (χ1v) is 16.5. The third-order valence-electron chi connectivity index (χ3n) is 7.99. The minimum absolute atomic E-state index is 0.0617. The van der Waals surface area contributed by atoms with E-state index in [0.717, 1.165) is 24.0 Å². The van der Waals surface area contributed by atoms with Crippen LogP contribution in [0.25, 0.3) is 0 Å². The number of hydrogen-bond acceptors (Lipinski definition) is 7. The molecule has 0 bridgehead atoms. The summed E-state index contributed by atoms with van der Waals surface area (Å²) in [7, 11) is 0. The van der Waals surface area contributed by atoms with Gasteiger partial charge in [-0.05, 0) is 62.1 Å². The van der Waals surface area contributed by atoms with Crippen LogP contribution in [0.3, 0.4) is 0 Å². The van der Waals surface area contributed by atoms with Crippen LogP contribution in [-0.4, -0.2) is 85.5 Å². The van der Waals surface area contributed by atoms with Gasteiger partial charge in [0.2, 0.25) is 23.6 Å². The monoisotopic (exact) mass is 636 g/mol. The van der Waals surface area contributed by atoms with Crippen molar-refractivity contribution in [1.29, 1.82) is 0 Å². The third-order valence-corrected chi connectivity index (χ3v) is 7.99. The summed E-state index contributed by atoms with van der Waals surface area (Å²) >= 11 is 0. The molecule has 46 heavy (non-hydrogen) atoms. The molecular formula is C35H52N6O5. The quantitative estimate of drug-likeness (QED) is 0.165. The maximum absolute atomic E-state index is 13.8. The average molecular weight is 637 g/mol. The number of carbonyl (C=O) groups is 4. The van der Waals surface area contributed by atoms with Gasteiger partial charge < -0.3 is 37.1 Å². The van der Waals surface area contributed by atoms with Gasteiger partial charge in [0.1, 0.15) is 18.1 Å². The van der Waals surface area contributed by atoms with Crippen molar-refractivity contribution in [3.8, 4) is 0 Å². The topological polar surface area (TPSA) is 169 Å². The number of nitrogens with zero attached hydrogens (tertiary/aromatic N) is 1. The molecule has 0 unspecified atom stereocenters. The van der Waals surface area contributed by atoms with Gasteiger partial charge in [0.05, 0.1) is 12.6 Å². The van der Waals surface area contributed by atoms with Crippen molar-refractivity contribution in [1.82, 2.24) is 20.9 Å². The van der Waals surface area contributed by atoms with Gasteiger partial charge in [-0.2, -0.15) is 0 Å². The maximum Gasteiger partial charge on any atom is 0.245 e. The number of carbonyl (C=O) groups excluding carboxylic acids is 4. The second-order valence-electron chi connectivity index (χ2n) is 12.4. The van der Waals surface area contributed by atoms with Gasteiger partial charge >= 0.3 is 0 Å². The van der Waals surface area contributed by atoms with Crippen molar-refractivity contribution in [2.24, 2.45) is 17.4 Å². The number of unbranched alkanes of at least 4 members (excludes halogenated alkanes) is 1. The fourth-order valence-corrected chi connectivity index (χ4v) is 5.48. The average Bonchev–Trinajstić information content (AvgIpc) is 3.34. The number of amides is 4. The van der Waals surface area contributed by atoms with E-state index in [2.05, 4.69) is 16.0 Å². The molecule has 0 spiro atoms. The van der Waals surface area contributed by atoms with Crippen LogP contribution in [0.5, 0.6) is 0 Å². The molecule has 7 N–H and O–H groups in total. The molecule has 0 aliphatic carbocycles. The Morgan fingerprint density at radius 3 is 1.98 bits per heavy atom. The predicted octanol–water partition coefficient (Wildman–Crippen LogP) is 1.68. The SMILES string of the molecule is CC(C)C[C@@H](NC(=O)[C@@H](Cc1ccccc1)NC(=O)[C@H](N)Cc1ccccc1)C(=O)N[C@H](CCCCN)C(=O)N1CCCOCC1. The molecule has 0 aromatic heterocycles. The fourth-order valence-electron chi connectivity index (χ4n) is 5.48. The lowest BCUT2D eigenvalue weighted by Gasteiger charge is -2.29. The summed E-state index contributed by atoms with van der Waals surface area (Å²) in [6.07, 6.45) is 3.43. The van der Waals surface area contributed by atoms with E-state index in [1.165, 1.54) is 0 Å². The van der Waals surface area contributed by atoms with Crippen LogP contribution in [0.15, 0.2) is 60.7 Å². The molecule has 1 heterocycles. The Hall–Kier alpha value is -3.80. The third kappa shape index (κ3) is 12.5. The summed E-state index contributed by atoms with van der Waals surface area (Å²) in [5.41, 5.74) is 13.7. The Kier molecular flexibility index (Phi) is 15.7. The zero-order valence-corrected chi connectivity index (χ0v) is 27.3. The van der Waals surface area contributed by atoms with Crippen LogP contribution in [-0.2, 0) is 36.8 Å². The summed E-state index contributed by atoms with van der Waals surface area (Å²) in [6.45, 7) is 6.46. The minimum Gasteiger partial charge on any atom is -0.380 e. The predicted molar refractivity (Wildman–Crippen MR) is 178 cm³/mol. The van der Waals surface area contributed by atoms with Crippen LogP contribution in [0.4, 0.5) is 0 Å². The van der Waals surface area contributed by atoms with Crippen molar-refractivity contribution >= 4 is 23.6 Å². The number of rotatable bonds is 17. The van der Waals surface area contributed by atoms with Crippen molar-refractivity contribution in [2.45, 2.75) is 83.0 Å². The van der Waals surface area contributed by atoms with Crippen LogP contribution in [0.2, 0.25) is 0 Å². The highest BCUT2D eigenvalue weighted by molar-refractivity contribution is 5.95. The number of ether oxygens (including phenoxy) is 1. The largest absolute Gasteiger partial charge is 0.380 e. The zero-order chi connectivity index (χ0) is 33.3. The second-order valence-corrected chi connectivity index (χ2v) is 12.4. The number of benzene rings is 2. The molecule has 1 fully saturated rings. The maximum atomic E-state index is 13.8. The van der Waals surface area contributed by atoms with Crippen LogP contribution >= 0.6 is 0 Å². The van der Waals surface area contributed by atoms with Gasteiger partial charge in [-0.1, -0.05) is 74.5 Å². The van der Waals surface area contributed by atoms with Crippen molar-refractivity contribution < 1.29 is 23.9 Å². The fraction of sp³-hybridized carbons (Fsp3) is 0.543. The molecule has 0 radical (unpaired) electrons. The van der Waals surface area contributed by atoms with Crippen molar-refractivity contribution in [3.05, 3.63) is 71.8 Å². The summed E-state index contributed by atoms with van der Waals surface area (Å²) < 4.78 is 5.51. The van der Waals surface area contributed by atoms with E-state index >= 15 is 0 Å². The van der Waals surface area contributed by atoms with E-state index < -0.39 is 41.9 Å². The number of nitrogens with one attached hydrogen (secondary N) is 3. The molecule has 2 aromatic rings. The lowest BCUT2D eigenvalue weighted by Crippen LogP contribution is -2.58. The Bertz CT molecular complexity index is 1220. The zero-order valence-electron chi connectivity index (χ0n) is 27.3. The normalized spacial score (nSPS) is 16.1. The van der Waals surface area contributed by atoms with Gasteiger partial charge in [-0.15, -0.1) is 0 Å². The van der Waals surface area contributed by atoms with Crippen molar-refractivity contribution in [2.75, 3.05) is 32.8 Å². The first-order chi connectivity index (χ1) is 22.2. The molecule has 3 rings (SSSR count). The molecular weight excluding hydrogens is 584 g/mol. The molecule has 252 valence electrons. The lowest BCUT2D eigenvalue weighted by atomic mass is 9.99. The molecule has 4 atom stereocenters. The Balaban J connectivity index is 1.76. The van der Waals surface area contributed by atoms with E-state index in [1.54, 1.807) is 4.90 Å². The number of nitrogens with two attached hydrogens (primary N) is 2. The smallest absolute Gasteiger partial charge is 0.245 e. The molecule has 4 amide bonds. The van der Waals surface area contributed by atoms with Gasteiger partial charge in [0.15, 0.2) is 0 Å². The lowest BCUT2D eigenvalue weighted by molar-refractivity contribution is -0.138. The summed E-state index contributed by atoms with van der Waals surface area (Å²) in [5.74, 6) is -1.50. The van der Waals surface area contributed by atoms with Gasteiger partial charge in [-0.3, -0.25) is 19.2 Å². The van der Waals surface area contributed by atoms with Crippen LogP contribution in [0.1, 0.15) is 57.1 Å². The van der Waals surface area contributed by atoms with Gasteiger partial charge in [0, 0.05) is 26.1 Å². The van der Waals surface area contributed by atoms with Gasteiger partial charge in [0.25, 0.3) is 0 Å². The molecule has 1 saturated heterocycles. The van der Waals surface area contributed by atoms with E-state index in [-0.39, 0.29) is 18.2 Å². The molecule has 1 aliphatic heterocycles.